The first-order chi connectivity index (χ1) is 11.9. The predicted molar refractivity (Wildman–Crippen MR) is 85.4 cm³/mol. The van der Waals surface area contributed by atoms with Gasteiger partial charge in [-0.05, 0) is 45.4 Å². The van der Waals surface area contributed by atoms with Crippen molar-refractivity contribution in [2.24, 2.45) is 16.7 Å². The van der Waals surface area contributed by atoms with E-state index in [0.29, 0.717) is 38.9 Å². The molecule has 2 saturated carbocycles. The maximum absolute atomic E-state index is 12.6. The van der Waals surface area contributed by atoms with Crippen LogP contribution in [0.1, 0.15) is 58.3 Å². The van der Waals surface area contributed by atoms with E-state index in [4.69, 9.17) is 14.2 Å². The fourth-order valence-electron chi connectivity index (χ4n) is 6.94. The van der Waals surface area contributed by atoms with Crippen molar-refractivity contribution in [2.75, 3.05) is 13.2 Å². The first-order valence-electron chi connectivity index (χ1n) is 9.60. The summed E-state index contributed by atoms with van der Waals surface area (Å²) >= 11 is 0. The maximum Gasteiger partial charge on any atom is 0.338 e. The molecular formula is C19H26O6. The molecule has 2 spiro atoms. The summed E-state index contributed by atoms with van der Waals surface area (Å²) in [6.45, 7) is 2.67. The van der Waals surface area contributed by atoms with E-state index in [1.807, 2.05) is 6.92 Å². The molecule has 5 aliphatic rings. The Morgan fingerprint density at radius 3 is 2.60 bits per heavy atom. The quantitative estimate of drug-likeness (QED) is 0.670. The van der Waals surface area contributed by atoms with Crippen molar-refractivity contribution in [3.05, 3.63) is 0 Å². The molecule has 3 saturated heterocycles. The lowest BCUT2D eigenvalue weighted by molar-refractivity contribution is -0.287. The molecule has 5 rings (SSSR count). The van der Waals surface area contributed by atoms with Crippen LogP contribution >= 0.6 is 0 Å². The zero-order chi connectivity index (χ0) is 17.5. The summed E-state index contributed by atoms with van der Waals surface area (Å²) < 4.78 is 17.5. The molecule has 0 aromatic carbocycles. The monoisotopic (exact) mass is 350 g/mol. The van der Waals surface area contributed by atoms with Gasteiger partial charge in [0.25, 0.3) is 0 Å². The fraction of sp³-hybridized carbons (Fsp3) is 0.895. The second-order valence-electron chi connectivity index (χ2n) is 9.06. The predicted octanol–water partition coefficient (Wildman–Crippen LogP) is 1.73. The van der Waals surface area contributed by atoms with Gasteiger partial charge in [-0.15, -0.1) is 0 Å². The lowest BCUT2D eigenvalue weighted by Crippen LogP contribution is -2.71. The Bertz CT molecular complexity index is 648. The zero-order valence-electron chi connectivity index (χ0n) is 14.7. The molecule has 6 heteroatoms. The third kappa shape index (κ3) is 1.73. The van der Waals surface area contributed by atoms with E-state index in [-0.39, 0.29) is 17.9 Å². The smallest absolute Gasteiger partial charge is 0.338 e. The molecule has 1 N–H and O–H groups in total. The maximum atomic E-state index is 12.6. The van der Waals surface area contributed by atoms with Crippen LogP contribution < -0.4 is 0 Å². The molecule has 2 aliphatic carbocycles. The second-order valence-corrected chi connectivity index (χ2v) is 9.06. The van der Waals surface area contributed by atoms with Crippen LogP contribution in [-0.4, -0.2) is 47.6 Å². The standard InChI is InChI=1S/C19H26O6/c1-16-4-2-5-17(11-24-14(16)21)13(16)12(20)3-6-19(17)8-7-18(25-19)9-10-23-15(18)22/h12-13,20H,2-11H2,1H3. The van der Waals surface area contributed by atoms with Crippen LogP contribution in [0, 0.1) is 16.7 Å². The number of aliphatic hydroxyl groups excluding tert-OH is 1. The van der Waals surface area contributed by atoms with Crippen molar-refractivity contribution in [3.8, 4) is 0 Å². The minimum atomic E-state index is -0.823. The normalized spacial score (nSPS) is 54.5. The molecule has 6 unspecified atom stereocenters. The van der Waals surface area contributed by atoms with E-state index in [2.05, 4.69) is 0 Å². The van der Waals surface area contributed by atoms with Crippen LogP contribution in [0.5, 0.6) is 0 Å². The van der Waals surface area contributed by atoms with Gasteiger partial charge in [0.2, 0.25) is 0 Å². The number of aliphatic hydroxyl groups is 1. The molecule has 3 heterocycles. The van der Waals surface area contributed by atoms with Crippen LogP contribution in [-0.2, 0) is 23.8 Å². The van der Waals surface area contributed by atoms with E-state index >= 15 is 0 Å². The van der Waals surface area contributed by atoms with Gasteiger partial charge in [-0.1, -0.05) is 6.42 Å². The van der Waals surface area contributed by atoms with Crippen LogP contribution in [0.2, 0.25) is 0 Å². The van der Waals surface area contributed by atoms with Crippen molar-refractivity contribution in [2.45, 2.75) is 75.6 Å². The van der Waals surface area contributed by atoms with Crippen molar-refractivity contribution < 1.29 is 28.9 Å². The number of carbonyl (C=O) groups is 2. The van der Waals surface area contributed by atoms with E-state index < -0.39 is 28.1 Å². The minimum absolute atomic E-state index is 0.156. The average molecular weight is 350 g/mol. The van der Waals surface area contributed by atoms with Crippen molar-refractivity contribution in [3.63, 3.8) is 0 Å². The van der Waals surface area contributed by atoms with Gasteiger partial charge in [0.05, 0.1) is 23.7 Å². The number of hydrogen-bond donors (Lipinski definition) is 1. The Balaban J connectivity index is 1.61. The van der Waals surface area contributed by atoms with Gasteiger partial charge in [0.15, 0.2) is 5.60 Å². The Morgan fingerprint density at radius 1 is 1.00 bits per heavy atom. The van der Waals surface area contributed by atoms with Gasteiger partial charge < -0.3 is 19.3 Å². The lowest BCUT2D eigenvalue weighted by atomic mass is 9.43. The number of esters is 2. The van der Waals surface area contributed by atoms with Gasteiger partial charge in [-0.2, -0.15) is 0 Å². The number of rotatable bonds is 0. The second kappa shape index (κ2) is 4.77. The van der Waals surface area contributed by atoms with Gasteiger partial charge in [0, 0.05) is 17.8 Å². The van der Waals surface area contributed by atoms with Crippen molar-refractivity contribution in [1.29, 1.82) is 0 Å². The van der Waals surface area contributed by atoms with Gasteiger partial charge in [-0.25, -0.2) is 4.79 Å². The first-order valence-corrected chi connectivity index (χ1v) is 9.60. The Kier molecular flexibility index (Phi) is 3.06. The largest absolute Gasteiger partial charge is 0.465 e. The summed E-state index contributed by atoms with van der Waals surface area (Å²) in [5.74, 6) is -0.581. The molecule has 0 aromatic rings. The van der Waals surface area contributed by atoms with Crippen molar-refractivity contribution >= 4 is 11.9 Å². The van der Waals surface area contributed by atoms with E-state index in [9.17, 15) is 14.7 Å². The summed E-state index contributed by atoms with van der Waals surface area (Å²) in [7, 11) is 0. The van der Waals surface area contributed by atoms with E-state index in [1.165, 1.54) is 0 Å². The molecule has 0 amide bonds. The molecule has 0 radical (unpaired) electrons. The molecule has 6 nitrogen and oxygen atoms in total. The summed E-state index contributed by atoms with van der Waals surface area (Å²) in [4.78, 5) is 24.9. The van der Waals surface area contributed by atoms with Crippen LogP contribution in [0.4, 0.5) is 0 Å². The Labute approximate surface area is 147 Å². The third-order valence-corrected chi connectivity index (χ3v) is 8.10. The topological polar surface area (TPSA) is 82.1 Å². The van der Waals surface area contributed by atoms with Gasteiger partial charge in [-0.3, -0.25) is 4.79 Å². The van der Waals surface area contributed by atoms with Crippen LogP contribution in [0.3, 0.4) is 0 Å². The highest BCUT2D eigenvalue weighted by Crippen LogP contribution is 2.68. The van der Waals surface area contributed by atoms with Crippen LogP contribution in [0.25, 0.3) is 0 Å². The summed E-state index contributed by atoms with van der Waals surface area (Å²) in [5, 5.41) is 10.9. The number of ether oxygens (including phenoxy) is 3. The van der Waals surface area contributed by atoms with Crippen LogP contribution in [0.15, 0.2) is 0 Å². The number of carbonyl (C=O) groups excluding carboxylic acids is 2. The highest BCUT2D eigenvalue weighted by atomic mass is 16.6. The summed E-state index contributed by atoms with van der Waals surface area (Å²) in [5.41, 5.74) is -2.36. The molecule has 0 aromatic heterocycles. The van der Waals surface area contributed by atoms with Gasteiger partial charge in [0.1, 0.15) is 6.61 Å². The summed E-state index contributed by atoms with van der Waals surface area (Å²) in [6.07, 6.45) is 5.42. The minimum Gasteiger partial charge on any atom is -0.465 e. The highest BCUT2D eigenvalue weighted by Gasteiger charge is 2.74. The highest BCUT2D eigenvalue weighted by molar-refractivity contribution is 5.82. The Morgan fingerprint density at radius 2 is 1.84 bits per heavy atom. The molecule has 3 aliphatic heterocycles. The molecule has 138 valence electrons. The van der Waals surface area contributed by atoms with E-state index in [0.717, 1.165) is 25.7 Å². The van der Waals surface area contributed by atoms with E-state index in [1.54, 1.807) is 0 Å². The number of hydrogen-bond acceptors (Lipinski definition) is 6. The Hall–Kier alpha value is -1.14. The molecule has 6 atom stereocenters. The summed E-state index contributed by atoms with van der Waals surface area (Å²) in [6, 6.07) is 0. The SMILES string of the molecule is CC12CCCC3(COC1=O)C2C(O)CCC31CCC2(CCOC2=O)O1. The zero-order valence-corrected chi connectivity index (χ0v) is 14.7. The molecule has 2 bridgehead atoms. The number of cyclic esters (lactones) is 2. The lowest BCUT2D eigenvalue weighted by Gasteiger charge is -2.65. The van der Waals surface area contributed by atoms with Gasteiger partial charge >= 0.3 is 11.9 Å². The molecule has 25 heavy (non-hydrogen) atoms. The molecule has 5 fully saturated rings. The van der Waals surface area contributed by atoms with Crippen molar-refractivity contribution in [1.82, 2.24) is 0 Å². The third-order valence-electron chi connectivity index (χ3n) is 8.10. The average Bonchev–Trinajstić information content (AvgIpc) is 3.14. The fourth-order valence-corrected chi connectivity index (χ4v) is 6.94. The first kappa shape index (κ1) is 16.1. The molecular weight excluding hydrogens is 324 g/mol.